The van der Waals surface area contributed by atoms with E-state index in [0.717, 1.165) is 36.4 Å². The SMILES string of the molecule is CCC(=Cc1csc([N+](=O)[O-])c1)CNCCOC. The largest absolute Gasteiger partial charge is 0.383 e. The van der Waals surface area contributed by atoms with E-state index in [9.17, 15) is 10.1 Å². The number of hydrogen-bond acceptors (Lipinski definition) is 5. The summed E-state index contributed by atoms with van der Waals surface area (Å²) in [4.78, 5) is 10.2. The minimum Gasteiger partial charge on any atom is -0.383 e. The van der Waals surface area contributed by atoms with Crippen molar-refractivity contribution in [1.82, 2.24) is 5.32 Å². The van der Waals surface area contributed by atoms with Crippen LogP contribution in [0, 0.1) is 10.1 Å². The van der Waals surface area contributed by atoms with E-state index in [0.29, 0.717) is 6.61 Å². The van der Waals surface area contributed by atoms with Gasteiger partial charge < -0.3 is 10.1 Å². The van der Waals surface area contributed by atoms with E-state index in [4.69, 9.17) is 4.74 Å². The van der Waals surface area contributed by atoms with Crippen molar-refractivity contribution in [2.45, 2.75) is 13.3 Å². The van der Waals surface area contributed by atoms with E-state index in [1.807, 2.05) is 11.5 Å². The molecule has 0 radical (unpaired) electrons. The Hall–Kier alpha value is -1.24. The van der Waals surface area contributed by atoms with Crippen LogP contribution in [0.5, 0.6) is 0 Å². The van der Waals surface area contributed by atoms with E-state index >= 15 is 0 Å². The van der Waals surface area contributed by atoms with Gasteiger partial charge in [-0.3, -0.25) is 10.1 Å². The van der Waals surface area contributed by atoms with Crippen LogP contribution in [0.2, 0.25) is 0 Å². The third-order valence-electron chi connectivity index (χ3n) is 2.45. The molecule has 0 aliphatic heterocycles. The zero-order valence-electron chi connectivity index (χ0n) is 10.6. The summed E-state index contributed by atoms with van der Waals surface area (Å²) in [7, 11) is 1.67. The van der Waals surface area contributed by atoms with E-state index in [1.165, 1.54) is 5.57 Å². The minimum absolute atomic E-state index is 0.184. The fraction of sp³-hybridized carbons (Fsp3) is 0.500. The van der Waals surface area contributed by atoms with Gasteiger partial charge in [0.15, 0.2) is 0 Å². The van der Waals surface area contributed by atoms with Crippen LogP contribution in [0.25, 0.3) is 6.08 Å². The average Bonchev–Trinajstić information content (AvgIpc) is 2.81. The number of ether oxygens (including phenoxy) is 1. The van der Waals surface area contributed by atoms with Gasteiger partial charge in [-0.25, -0.2) is 0 Å². The highest BCUT2D eigenvalue weighted by molar-refractivity contribution is 7.13. The van der Waals surface area contributed by atoms with Crippen molar-refractivity contribution in [2.75, 3.05) is 26.8 Å². The first-order valence-corrected chi connectivity index (χ1v) is 6.67. The molecule has 6 heteroatoms. The Morgan fingerprint density at radius 2 is 2.44 bits per heavy atom. The van der Waals surface area contributed by atoms with Gasteiger partial charge in [-0.1, -0.05) is 29.9 Å². The topological polar surface area (TPSA) is 64.4 Å². The van der Waals surface area contributed by atoms with Crippen LogP contribution >= 0.6 is 11.3 Å². The molecule has 100 valence electrons. The molecule has 0 saturated carbocycles. The molecule has 0 unspecified atom stereocenters. The maximum atomic E-state index is 10.6. The van der Waals surface area contributed by atoms with Gasteiger partial charge in [0.05, 0.1) is 11.5 Å². The fourth-order valence-corrected chi connectivity index (χ4v) is 2.13. The maximum absolute atomic E-state index is 10.6. The lowest BCUT2D eigenvalue weighted by molar-refractivity contribution is -0.380. The Balaban J connectivity index is 2.56. The predicted molar refractivity (Wildman–Crippen MR) is 74.0 cm³/mol. The molecule has 0 aromatic carbocycles. The van der Waals surface area contributed by atoms with E-state index in [1.54, 1.807) is 13.2 Å². The highest BCUT2D eigenvalue weighted by Crippen LogP contribution is 2.24. The second kappa shape index (κ2) is 7.97. The lowest BCUT2D eigenvalue weighted by Gasteiger charge is -2.06. The average molecular weight is 270 g/mol. The lowest BCUT2D eigenvalue weighted by Crippen LogP contribution is -2.21. The summed E-state index contributed by atoms with van der Waals surface area (Å²) >= 11 is 1.16. The molecule has 1 aromatic rings. The van der Waals surface area contributed by atoms with Crippen LogP contribution in [-0.4, -0.2) is 31.7 Å². The predicted octanol–water partition coefficient (Wildman–Crippen LogP) is 2.69. The van der Waals surface area contributed by atoms with Crippen molar-refractivity contribution >= 4 is 22.4 Å². The highest BCUT2D eigenvalue weighted by Gasteiger charge is 2.08. The van der Waals surface area contributed by atoms with Gasteiger partial charge in [0.1, 0.15) is 0 Å². The number of hydrogen-bond donors (Lipinski definition) is 1. The molecule has 0 bridgehead atoms. The summed E-state index contributed by atoms with van der Waals surface area (Å²) in [5, 5.41) is 15.8. The second-order valence-corrected chi connectivity index (χ2v) is 4.69. The second-order valence-electron chi connectivity index (χ2n) is 3.80. The molecule has 5 nitrogen and oxygen atoms in total. The Labute approximate surface area is 111 Å². The van der Waals surface area contributed by atoms with E-state index < -0.39 is 0 Å². The maximum Gasteiger partial charge on any atom is 0.324 e. The van der Waals surface area contributed by atoms with Gasteiger partial charge in [-0.2, -0.15) is 0 Å². The first-order chi connectivity index (χ1) is 8.67. The molecule has 0 fully saturated rings. The third kappa shape index (κ3) is 4.95. The van der Waals surface area contributed by atoms with Crippen molar-refractivity contribution in [3.63, 3.8) is 0 Å². The molecule has 0 atom stereocenters. The monoisotopic (exact) mass is 270 g/mol. The fourth-order valence-electron chi connectivity index (χ4n) is 1.45. The smallest absolute Gasteiger partial charge is 0.324 e. The molecular formula is C12H18N2O3S. The first kappa shape index (κ1) is 14.8. The third-order valence-corrected chi connectivity index (χ3v) is 3.34. The van der Waals surface area contributed by atoms with E-state index in [-0.39, 0.29) is 9.92 Å². The normalized spacial score (nSPS) is 11.8. The Morgan fingerprint density at radius 3 is 3.00 bits per heavy atom. The molecule has 1 aromatic heterocycles. The van der Waals surface area contributed by atoms with Crippen molar-refractivity contribution in [1.29, 1.82) is 0 Å². The quantitative estimate of drug-likeness (QED) is 0.448. The van der Waals surface area contributed by atoms with E-state index in [2.05, 4.69) is 12.2 Å². The molecule has 0 amide bonds. The van der Waals surface area contributed by atoms with Crippen molar-refractivity contribution < 1.29 is 9.66 Å². The first-order valence-electron chi connectivity index (χ1n) is 5.79. The van der Waals surface area contributed by atoms with Crippen LogP contribution in [-0.2, 0) is 4.74 Å². The van der Waals surface area contributed by atoms with Gasteiger partial charge in [0.25, 0.3) is 0 Å². The summed E-state index contributed by atoms with van der Waals surface area (Å²) in [6.07, 6.45) is 2.92. The summed E-state index contributed by atoms with van der Waals surface area (Å²) in [5.74, 6) is 0. The van der Waals surface area contributed by atoms with Crippen LogP contribution in [0.4, 0.5) is 5.00 Å². The zero-order valence-corrected chi connectivity index (χ0v) is 11.5. The number of nitrogens with zero attached hydrogens (tertiary/aromatic N) is 1. The molecule has 0 spiro atoms. The summed E-state index contributed by atoms with van der Waals surface area (Å²) < 4.78 is 4.95. The van der Waals surface area contributed by atoms with Gasteiger partial charge in [0, 0.05) is 31.6 Å². The zero-order chi connectivity index (χ0) is 13.4. The number of methoxy groups -OCH3 is 1. The Bertz CT molecular complexity index is 415. The molecule has 1 rings (SSSR count). The van der Waals surface area contributed by atoms with Gasteiger partial charge in [-0.05, 0) is 12.0 Å². The molecule has 0 saturated heterocycles. The van der Waals surface area contributed by atoms with Crippen LogP contribution in [0.15, 0.2) is 17.0 Å². The number of nitro groups is 1. The number of rotatable bonds is 8. The van der Waals surface area contributed by atoms with Crippen molar-refractivity contribution in [2.24, 2.45) is 0 Å². The van der Waals surface area contributed by atoms with Crippen LogP contribution < -0.4 is 5.32 Å². The summed E-state index contributed by atoms with van der Waals surface area (Å²) in [6, 6.07) is 1.61. The standard InChI is InChI=1S/C12H18N2O3S/c1-3-10(8-13-4-5-17-2)6-11-7-12(14(15)16)18-9-11/h6-7,9,13H,3-5,8H2,1-2H3. The van der Waals surface area contributed by atoms with Gasteiger partial charge in [0.2, 0.25) is 0 Å². The lowest BCUT2D eigenvalue weighted by atomic mass is 10.1. The molecular weight excluding hydrogens is 252 g/mol. The Morgan fingerprint density at radius 1 is 1.67 bits per heavy atom. The van der Waals surface area contributed by atoms with Gasteiger partial charge in [-0.15, -0.1) is 0 Å². The van der Waals surface area contributed by atoms with Gasteiger partial charge >= 0.3 is 5.00 Å². The molecule has 1 N–H and O–H groups in total. The summed E-state index contributed by atoms with van der Waals surface area (Å²) in [5.41, 5.74) is 2.12. The number of nitrogens with one attached hydrogen (secondary N) is 1. The van der Waals surface area contributed by atoms with Crippen molar-refractivity contribution in [3.05, 3.63) is 32.7 Å². The minimum atomic E-state index is -0.357. The van der Waals surface area contributed by atoms with Crippen LogP contribution in [0.1, 0.15) is 18.9 Å². The molecule has 0 aliphatic carbocycles. The molecule has 18 heavy (non-hydrogen) atoms. The molecule has 1 heterocycles. The molecule has 0 aliphatic rings. The van der Waals surface area contributed by atoms with Crippen LogP contribution in [0.3, 0.4) is 0 Å². The Kier molecular flexibility index (Phi) is 6.56. The highest BCUT2D eigenvalue weighted by atomic mass is 32.1. The summed E-state index contributed by atoms with van der Waals surface area (Å²) in [6.45, 7) is 4.34. The number of thiophene rings is 1. The van der Waals surface area contributed by atoms with Crippen molar-refractivity contribution in [3.8, 4) is 0 Å².